The summed E-state index contributed by atoms with van der Waals surface area (Å²) in [6.07, 6.45) is 0.692. The van der Waals surface area contributed by atoms with E-state index in [9.17, 15) is 13.2 Å². The average molecular weight is 471 g/mol. The lowest BCUT2D eigenvalue weighted by molar-refractivity contribution is 0.0785. The van der Waals surface area contributed by atoms with E-state index in [1.807, 2.05) is 55.5 Å². The molecule has 1 aromatic heterocycles. The maximum atomic E-state index is 13.2. The van der Waals surface area contributed by atoms with Crippen molar-refractivity contribution in [1.82, 2.24) is 9.21 Å². The monoisotopic (exact) mass is 470 g/mol. The van der Waals surface area contributed by atoms with Gasteiger partial charge in [0, 0.05) is 32.1 Å². The molecule has 2 aromatic carbocycles. The quantitative estimate of drug-likeness (QED) is 0.520. The van der Waals surface area contributed by atoms with Gasteiger partial charge in [-0.1, -0.05) is 36.4 Å². The maximum Gasteiger partial charge on any atom is 0.254 e. The van der Waals surface area contributed by atoms with Gasteiger partial charge in [-0.15, -0.1) is 11.3 Å². The second-order valence-electron chi connectivity index (χ2n) is 7.75. The lowest BCUT2D eigenvalue weighted by atomic mass is 10.0. The molecule has 1 amide bonds. The van der Waals surface area contributed by atoms with E-state index in [0.29, 0.717) is 38.2 Å². The Kier molecular flexibility index (Phi) is 6.64. The third kappa shape index (κ3) is 4.72. The van der Waals surface area contributed by atoms with Gasteiger partial charge in [0.1, 0.15) is 9.96 Å². The highest BCUT2D eigenvalue weighted by atomic mass is 32.2. The normalized spacial score (nSPS) is 14.1. The van der Waals surface area contributed by atoms with E-state index in [2.05, 4.69) is 0 Å². The molecule has 32 heavy (non-hydrogen) atoms. The molecular formula is C24H26N2O4S2. The number of sulfonamides is 1. The van der Waals surface area contributed by atoms with Gasteiger partial charge in [0.2, 0.25) is 0 Å². The number of hydrogen-bond acceptors (Lipinski definition) is 5. The van der Waals surface area contributed by atoms with Crippen LogP contribution in [0.3, 0.4) is 0 Å². The summed E-state index contributed by atoms with van der Waals surface area (Å²) in [4.78, 5) is 14.5. The van der Waals surface area contributed by atoms with E-state index >= 15 is 0 Å². The van der Waals surface area contributed by atoms with Crippen LogP contribution in [0.2, 0.25) is 0 Å². The van der Waals surface area contributed by atoms with Gasteiger partial charge in [-0.3, -0.25) is 4.79 Å². The third-order valence-electron chi connectivity index (χ3n) is 5.51. The van der Waals surface area contributed by atoms with Crippen LogP contribution in [0.1, 0.15) is 34.0 Å². The average Bonchev–Trinajstić information content (AvgIpc) is 3.31. The molecule has 168 valence electrons. The van der Waals surface area contributed by atoms with Crippen LogP contribution in [0.15, 0.2) is 64.2 Å². The molecule has 0 atom stereocenters. The fourth-order valence-corrected chi connectivity index (χ4v) is 6.52. The van der Waals surface area contributed by atoms with Crippen molar-refractivity contribution in [2.45, 2.75) is 30.6 Å². The number of ether oxygens (including phenoxy) is 1. The molecule has 1 aliphatic rings. The maximum absolute atomic E-state index is 13.2. The molecule has 1 aliphatic heterocycles. The molecule has 4 rings (SSSR count). The molecule has 0 unspecified atom stereocenters. The summed E-state index contributed by atoms with van der Waals surface area (Å²) >= 11 is 1.10. The van der Waals surface area contributed by atoms with Gasteiger partial charge in [-0.05, 0) is 48.2 Å². The summed E-state index contributed by atoms with van der Waals surface area (Å²) in [7, 11) is -1.93. The van der Waals surface area contributed by atoms with Crippen molar-refractivity contribution in [3.8, 4) is 5.75 Å². The molecule has 0 saturated carbocycles. The Balaban J connectivity index is 1.45. The van der Waals surface area contributed by atoms with Gasteiger partial charge in [0.15, 0.2) is 0 Å². The predicted octanol–water partition coefficient (Wildman–Crippen LogP) is 4.17. The standard InChI is InChI=1S/C24H26N2O4S2/c1-3-30-22-10-8-18(9-11-22)15-25(2)24(27)21-14-23(31-17-21)32(28,29)26-13-12-19-6-4-5-7-20(19)16-26/h4-11,14,17H,3,12-13,15-16H2,1-2H3. The molecule has 0 bridgehead atoms. The summed E-state index contributed by atoms with van der Waals surface area (Å²) in [5.74, 6) is 0.582. The Morgan fingerprint density at radius 3 is 2.56 bits per heavy atom. The molecule has 0 fully saturated rings. The van der Waals surface area contributed by atoms with Crippen molar-refractivity contribution < 1.29 is 17.9 Å². The van der Waals surface area contributed by atoms with Gasteiger partial charge < -0.3 is 9.64 Å². The van der Waals surface area contributed by atoms with E-state index in [0.717, 1.165) is 28.2 Å². The van der Waals surface area contributed by atoms with Crippen LogP contribution >= 0.6 is 11.3 Å². The minimum absolute atomic E-state index is 0.203. The first kappa shape index (κ1) is 22.5. The number of amides is 1. The SMILES string of the molecule is CCOc1ccc(CN(C)C(=O)c2csc(S(=O)(=O)N3CCc4ccccc4C3)c2)cc1. The fraction of sp³-hybridized carbons (Fsp3) is 0.292. The van der Waals surface area contributed by atoms with Crippen molar-refractivity contribution in [3.05, 3.63) is 82.2 Å². The highest BCUT2D eigenvalue weighted by Crippen LogP contribution is 2.29. The highest BCUT2D eigenvalue weighted by molar-refractivity contribution is 7.91. The largest absolute Gasteiger partial charge is 0.494 e. The minimum Gasteiger partial charge on any atom is -0.494 e. The number of thiophene rings is 1. The second kappa shape index (κ2) is 9.44. The lowest BCUT2D eigenvalue weighted by Gasteiger charge is -2.27. The van der Waals surface area contributed by atoms with E-state index in [-0.39, 0.29) is 10.1 Å². The van der Waals surface area contributed by atoms with Gasteiger partial charge in [0.25, 0.3) is 15.9 Å². The van der Waals surface area contributed by atoms with E-state index in [4.69, 9.17) is 4.74 Å². The number of rotatable bonds is 7. The number of fused-ring (bicyclic) bond motifs is 1. The van der Waals surface area contributed by atoms with Gasteiger partial charge in [0.05, 0.1) is 12.2 Å². The van der Waals surface area contributed by atoms with Crippen LogP contribution in [-0.4, -0.2) is 43.7 Å². The van der Waals surface area contributed by atoms with Crippen LogP contribution in [0.4, 0.5) is 0 Å². The van der Waals surface area contributed by atoms with Crippen molar-refractivity contribution in [2.75, 3.05) is 20.2 Å². The first-order valence-corrected chi connectivity index (χ1v) is 12.8. The fourth-order valence-electron chi connectivity index (χ4n) is 3.79. The van der Waals surface area contributed by atoms with Crippen molar-refractivity contribution in [3.63, 3.8) is 0 Å². The Hall–Kier alpha value is -2.68. The number of nitrogens with zero attached hydrogens (tertiary/aromatic N) is 2. The minimum atomic E-state index is -3.65. The highest BCUT2D eigenvalue weighted by Gasteiger charge is 2.30. The molecule has 2 heterocycles. The topological polar surface area (TPSA) is 66.9 Å². The molecular weight excluding hydrogens is 444 g/mol. The van der Waals surface area contributed by atoms with Crippen molar-refractivity contribution in [1.29, 1.82) is 0 Å². The number of hydrogen-bond donors (Lipinski definition) is 0. The number of carbonyl (C=O) groups is 1. The smallest absolute Gasteiger partial charge is 0.254 e. The molecule has 0 N–H and O–H groups in total. The zero-order valence-electron chi connectivity index (χ0n) is 18.2. The molecule has 0 aliphatic carbocycles. The summed E-state index contributed by atoms with van der Waals surface area (Å²) in [5, 5.41) is 1.63. The van der Waals surface area contributed by atoms with E-state index in [1.54, 1.807) is 17.3 Å². The van der Waals surface area contributed by atoms with E-state index in [1.165, 1.54) is 15.9 Å². The molecule has 3 aromatic rings. The summed E-state index contributed by atoms with van der Waals surface area (Å²) in [6, 6.07) is 17.0. The first-order valence-electron chi connectivity index (χ1n) is 10.5. The van der Waals surface area contributed by atoms with Crippen LogP contribution in [0.5, 0.6) is 5.75 Å². The summed E-state index contributed by atoms with van der Waals surface area (Å²) in [6.45, 7) is 3.76. The molecule has 6 nitrogen and oxygen atoms in total. The zero-order valence-corrected chi connectivity index (χ0v) is 19.8. The number of carbonyl (C=O) groups excluding carboxylic acids is 1. The second-order valence-corrected chi connectivity index (χ2v) is 10.8. The Morgan fingerprint density at radius 1 is 1.12 bits per heavy atom. The molecule has 0 saturated heterocycles. The Bertz CT molecular complexity index is 1200. The van der Waals surface area contributed by atoms with E-state index < -0.39 is 10.0 Å². The molecule has 8 heteroatoms. The third-order valence-corrected chi connectivity index (χ3v) is 8.77. The van der Waals surface area contributed by atoms with Crippen molar-refractivity contribution >= 4 is 27.3 Å². The van der Waals surface area contributed by atoms with Gasteiger partial charge >= 0.3 is 0 Å². The van der Waals surface area contributed by atoms with Gasteiger partial charge in [-0.2, -0.15) is 4.31 Å². The zero-order chi connectivity index (χ0) is 22.7. The van der Waals surface area contributed by atoms with Crippen LogP contribution < -0.4 is 4.74 Å². The molecule has 0 spiro atoms. The van der Waals surface area contributed by atoms with Crippen LogP contribution in [-0.2, 0) is 29.5 Å². The predicted molar refractivity (Wildman–Crippen MR) is 125 cm³/mol. The van der Waals surface area contributed by atoms with Gasteiger partial charge in [-0.25, -0.2) is 8.42 Å². The molecule has 0 radical (unpaired) electrons. The van der Waals surface area contributed by atoms with Crippen molar-refractivity contribution in [2.24, 2.45) is 0 Å². The Labute approximate surface area is 193 Å². The Morgan fingerprint density at radius 2 is 1.84 bits per heavy atom. The first-order chi connectivity index (χ1) is 15.4. The lowest BCUT2D eigenvalue weighted by Crippen LogP contribution is -2.35. The summed E-state index contributed by atoms with van der Waals surface area (Å²) in [5.41, 5.74) is 3.58. The van der Waals surface area contributed by atoms with Crippen LogP contribution in [0.25, 0.3) is 0 Å². The number of benzene rings is 2. The summed E-state index contributed by atoms with van der Waals surface area (Å²) < 4.78 is 33.5. The van der Waals surface area contributed by atoms with Crippen LogP contribution in [0, 0.1) is 0 Å².